The van der Waals surface area contributed by atoms with E-state index in [4.69, 9.17) is 16.5 Å². The van der Waals surface area contributed by atoms with Crippen LogP contribution in [-0.4, -0.2) is 52.8 Å². The van der Waals surface area contributed by atoms with E-state index in [1.165, 1.54) is 26.2 Å². The van der Waals surface area contributed by atoms with Gasteiger partial charge in [0, 0.05) is 19.3 Å². The molecule has 1 heterocycles. The maximum Gasteiger partial charge on any atom is 0.389 e. The Balaban J connectivity index is 2.61. The van der Waals surface area contributed by atoms with Gasteiger partial charge in [-0.3, -0.25) is 0 Å². The Kier molecular flexibility index (Phi) is 10.1. The molecule has 0 aliphatic carbocycles. The first-order chi connectivity index (χ1) is 17.0. The highest BCUT2D eigenvalue weighted by Crippen LogP contribution is 2.41. The van der Waals surface area contributed by atoms with E-state index in [1.807, 2.05) is 0 Å². The van der Waals surface area contributed by atoms with Gasteiger partial charge in [-0.25, -0.2) is 0 Å². The molecule has 2 unspecified atom stereocenters. The van der Waals surface area contributed by atoms with Crippen LogP contribution in [0.2, 0.25) is 44.3 Å². The molecule has 0 saturated carbocycles. The van der Waals surface area contributed by atoms with Crippen LogP contribution in [0.4, 0.5) is 39.5 Å². The van der Waals surface area contributed by atoms with Gasteiger partial charge in [-0.2, -0.15) is 39.5 Å². The molecule has 0 radical (unpaired) electrons. The minimum Gasteiger partial charge on any atom is -0.416 e. The van der Waals surface area contributed by atoms with Gasteiger partial charge in [0.2, 0.25) is 0 Å². The Morgan fingerprint density at radius 3 is 1.21 bits per heavy atom. The average molecular weight is 631 g/mol. The molecular weight excluding hydrogens is 600 g/mol. The smallest absolute Gasteiger partial charge is 0.389 e. The van der Waals surface area contributed by atoms with Gasteiger partial charge in [0.1, 0.15) is 0 Å². The molecule has 218 valence electrons. The monoisotopic (exact) mass is 630 g/mol. The van der Waals surface area contributed by atoms with E-state index in [2.05, 4.69) is 6.58 Å². The molecule has 0 aromatic heterocycles. The summed E-state index contributed by atoms with van der Waals surface area (Å²) in [6, 6.07) is 4.43. The minimum absolute atomic E-state index is 0.410. The van der Waals surface area contributed by atoms with Crippen LogP contribution in [-0.2, 0) is 16.5 Å². The fourth-order valence-electron chi connectivity index (χ4n) is 4.27. The fourth-order valence-corrected chi connectivity index (χ4v) is 26.7. The topological polar surface area (TPSA) is 36.9 Å². The Morgan fingerprint density at radius 2 is 0.921 bits per heavy atom. The predicted octanol–water partition coefficient (Wildman–Crippen LogP) is 7.76. The Morgan fingerprint density at radius 1 is 0.605 bits per heavy atom. The standard InChI is InChI=1S/C21H31F9O4Si4/c1-6-17-7-9-18(10-8-17)38(5)33-36(3,15-12-20(25,26)27)31-35(2,14-11-19(22,23)24)32-37(4,34-38)16-13-21(28,29)30/h6-10H,1,11-16H2,2-5H3. The second-order valence-electron chi connectivity index (χ2n) is 9.93. The van der Waals surface area contributed by atoms with Crippen molar-refractivity contribution in [2.75, 3.05) is 0 Å². The zero-order valence-corrected chi connectivity index (χ0v) is 25.4. The Bertz CT molecular complexity index is 920. The highest BCUT2D eigenvalue weighted by molar-refractivity contribution is 6.97. The SMILES string of the molecule is C=Cc1ccc([Si]2(C)O[Si](C)(CCC(F)(F)F)O[Si](C)(CCC(F)(F)F)O[Si](C)(CCC(F)(F)F)O2)cc1. The van der Waals surface area contributed by atoms with Crippen molar-refractivity contribution in [3.8, 4) is 0 Å². The predicted molar refractivity (Wildman–Crippen MR) is 133 cm³/mol. The molecule has 1 aromatic carbocycles. The van der Waals surface area contributed by atoms with Crippen LogP contribution in [0.25, 0.3) is 6.08 Å². The summed E-state index contributed by atoms with van der Waals surface area (Å²) >= 11 is 0. The van der Waals surface area contributed by atoms with Gasteiger partial charge in [0.25, 0.3) is 0 Å². The Labute approximate surface area is 220 Å². The van der Waals surface area contributed by atoms with Gasteiger partial charge in [-0.1, -0.05) is 36.9 Å². The maximum absolute atomic E-state index is 13.2. The van der Waals surface area contributed by atoms with Crippen molar-refractivity contribution >= 4 is 45.5 Å². The second-order valence-corrected chi connectivity index (χ2v) is 24.0. The lowest BCUT2D eigenvalue weighted by atomic mass is 10.2. The fraction of sp³-hybridized carbons (Fsp3) is 0.619. The summed E-state index contributed by atoms with van der Waals surface area (Å²) in [7, 11) is -15.8. The molecule has 1 fully saturated rings. The molecule has 0 amide bonds. The lowest BCUT2D eigenvalue weighted by Crippen LogP contribution is -2.70. The highest BCUT2D eigenvalue weighted by Gasteiger charge is 2.59. The molecule has 2 atom stereocenters. The molecule has 0 spiro atoms. The van der Waals surface area contributed by atoms with Crippen LogP contribution in [0, 0.1) is 0 Å². The van der Waals surface area contributed by atoms with E-state index < -0.39 is 90.2 Å². The van der Waals surface area contributed by atoms with E-state index in [1.54, 1.807) is 30.3 Å². The van der Waals surface area contributed by atoms with Crippen LogP contribution in [0.15, 0.2) is 30.8 Å². The number of hydrogen-bond acceptors (Lipinski definition) is 4. The van der Waals surface area contributed by atoms with Gasteiger partial charge in [0.05, 0.1) is 0 Å². The summed E-state index contributed by atoms with van der Waals surface area (Å²) in [5.41, 5.74) is 0.700. The van der Waals surface area contributed by atoms with Crippen LogP contribution >= 0.6 is 0 Å². The van der Waals surface area contributed by atoms with E-state index in [9.17, 15) is 39.5 Å². The van der Waals surface area contributed by atoms with Gasteiger partial charge in [-0.15, -0.1) is 0 Å². The molecule has 1 aliphatic heterocycles. The summed E-state index contributed by atoms with van der Waals surface area (Å²) in [5.74, 6) is 0. The molecule has 0 bridgehead atoms. The average Bonchev–Trinajstić information content (AvgIpc) is 2.73. The van der Waals surface area contributed by atoms with Crippen molar-refractivity contribution in [1.82, 2.24) is 0 Å². The lowest BCUT2D eigenvalue weighted by Gasteiger charge is -2.50. The van der Waals surface area contributed by atoms with E-state index in [0.717, 1.165) is 0 Å². The van der Waals surface area contributed by atoms with E-state index in [-0.39, 0.29) is 0 Å². The van der Waals surface area contributed by atoms with Crippen molar-refractivity contribution in [2.24, 2.45) is 0 Å². The molecule has 1 aromatic rings. The second kappa shape index (κ2) is 11.5. The quantitative estimate of drug-likeness (QED) is 0.217. The first-order valence-corrected chi connectivity index (χ1v) is 21.6. The third-order valence-electron chi connectivity index (χ3n) is 5.94. The summed E-state index contributed by atoms with van der Waals surface area (Å²) < 4.78 is 143. The van der Waals surface area contributed by atoms with Gasteiger partial charge >= 0.3 is 52.8 Å². The van der Waals surface area contributed by atoms with Gasteiger partial charge in [0.15, 0.2) is 0 Å². The molecule has 1 saturated heterocycles. The Hall–Kier alpha value is -0.962. The normalized spacial score (nSPS) is 31.5. The van der Waals surface area contributed by atoms with Crippen molar-refractivity contribution in [3.63, 3.8) is 0 Å². The summed E-state index contributed by atoms with van der Waals surface area (Å²) in [5, 5.41) is 0.410. The summed E-state index contributed by atoms with van der Waals surface area (Å²) in [6.45, 7) is 8.98. The van der Waals surface area contributed by atoms with Crippen molar-refractivity contribution in [3.05, 3.63) is 36.4 Å². The number of hydrogen-bond donors (Lipinski definition) is 0. The van der Waals surface area contributed by atoms with E-state index in [0.29, 0.717) is 10.8 Å². The molecule has 38 heavy (non-hydrogen) atoms. The number of benzene rings is 1. The van der Waals surface area contributed by atoms with Crippen molar-refractivity contribution < 1.29 is 56.0 Å². The zero-order chi connectivity index (χ0) is 29.3. The minimum atomic E-state index is -4.64. The number of halogens is 9. The molecule has 2 rings (SSSR count). The van der Waals surface area contributed by atoms with Crippen molar-refractivity contribution in [2.45, 2.75) is 82.1 Å². The molecule has 4 nitrogen and oxygen atoms in total. The van der Waals surface area contributed by atoms with E-state index >= 15 is 0 Å². The summed E-state index contributed by atoms with van der Waals surface area (Å²) in [4.78, 5) is 0. The third kappa shape index (κ3) is 10.5. The zero-order valence-electron chi connectivity index (χ0n) is 21.4. The highest BCUT2D eigenvalue weighted by atomic mass is 28.5. The van der Waals surface area contributed by atoms with Crippen LogP contribution in [0.3, 0.4) is 0 Å². The largest absolute Gasteiger partial charge is 0.416 e. The first-order valence-electron chi connectivity index (χ1n) is 11.7. The maximum atomic E-state index is 13.2. The molecular formula is C21H31F9O4Si4. The van der Waals surface area contributed by atoms with Gasteiger partial charge < -0.3 is 16.5 Å². The number of alkyl halides is 9. The lowest BCUT2D eigenvalue weighted by molar-refractivity contribution is -0.132. The third-order valence-corrected chi connectivity index (χ3v) is 24.3. The van der Waals surface area contributed by atoms with Gasteiger partial charge in [-0.05, 0) is 55.1 Å². The van der Waals surface area contributed by atoms with Crippen LogP contribution in [0.1, 0.15) is 24.8 Å². The number of rotatable bonds is 8. The molecule has 1 aliphatic rings. The summed E-state index contributed by atoms with van der Waals surface area (Å²) in [6.07, 6.45) is -16.3. The van der Waals surface area contributed by atoms with Crippen LogP contribution < -0.4 is 5.19 Å². The first kappa shape index (κ1) is 33.2. The van der Waals surface area contributed by atoms with Crippen molar-refractivity contribution in [1.29, 1.82) is 0 Å². The van der Waals surface area contributed by atoms with Crippen LogP contribution in [0.5, 0.6) is 0 Å². The molecule has 17 heteroatoms. The molecule has 0 N–H and O–H groups in total.